The number of ether oxygens (including phenoxy) is 2. The van der Waals surface area contributed by atoms with Crippen molar-refractivity contribution in [3.05, 3.63) is 28.4 Å². The largest absolute Gasteiger partial charge is 0.477 e. The highest BCUT2D eigenvalue weighted by atomic mass is 32.2. The summed E-state index contributed by atoms with van der Waals surface area (Å²) in [5.74, 6) is -2.82. The lowest BCUT2D eigenvalue weighted by atomic mass is 10.0. The van der Waals surface area contributed by atoms with Gasteiger partial charge in [-0.25, -0.2) is 14.6 Å². The molecular weight excluding hydrogens is 512 g/mol. The topological polar surface area (TPSA) is 164 Å². The van der Waals surface area contributed by atoms with Crippen molar-refractivity contribution in [1.82, 2.24) is 15.2 Å². The van der Waals surface area contributed by atoms with Gasteiger partial charge in [0.05, 0.1) is 11.3 Å². The first-order valence-electron chi connectivity index (χ1n) is 10.8. The van der Waals surface area contributed by atoms with Crippen molar-refractivity contribution in [2.24, 2.45) is 0 Å². The average molecular weight is 539 g/mol. The number of anilines is 1. The number of carbonyl (C=O) groups is 5. The van der Waals surface area contributed by atoms with Crippen LogP contribution in [0.3, 0.4) is 0 Å². The van der Waals surface area contributed by atoms with E-state index in [1.54, 1.807) is 33.1 Å². The van der Waals surface area contributed by atoms with E-state index >= 15 is 0 Å². The quantitative estimate of drug-likeness (QED) is 0.266. The van der Waals surface area contributed by atoms with E-state index in [1.807, 2.05) is 0 Å². The number of aliphatic carboxylic acids is 1. The van der Waals surface area contributed by atoms with Crippen molar-refractivity contribution in [3.63, 3.8) is 0 Å². The lowest BCUT2D eigenvalue weighted by molar-refractivity contribution is -0.150. The molecule has 194 valence electrons. The van der Waals surface area contributed by atoms with E-state index in [4.69, 9.17) is 9.47 Å². The van der Waals surface area contributed by atoms with Crippen LogP contribution in [-0.4, -0.2) is 74.2 Å². The van der Waals surface area contributed by atoms with Crippen molar-refractivity contribution in [2.45, 2.75) is 51.6 Å². The molecule has 0 spiro atoms. The number of thiazole rings is 1. The molecule has 36 heavy (non-hydrogen) atoms. The predicted molar refractivity (Wildman–Crippen MR) is 132 cm³/mol. The Morgan fingerprint density at radius 3 is 2.58 bits per heavy atom. The van der Waals surface area contributed by atoms with Gasteiger partial charge < -0.3 is 19.9 Å². The molecule has 14 heteroatoms. The molecule has 1 aromatic heterocycles. The van der Waals surface area contributed by atoms with E-state index in [9.17, 15) is 29.1 Å². The van der Waals surface area contributed by atoms with Gasteiger partial charge in [0, 0.05) is 23.6 Å². The summed E-state index contributed by atoms with van der Waals surface area (Å²) in [4.78, 5) is 66.1. The molecule has 1 unspecified atom stereocenters. The molecule has 1 saturated heterocycles. The number of β-lactam (4-membered cyclic amide) rings is 1. The number of carboxylic acids is 1. The molecule has 2 atom stereocenters. The molecule has 2 aliphatic heterocycles. The highest BCUT2D eigenvalue weighted by Gasteiger charge is 2.54. The van der Waals surface area contributed by atoms with Crippen LogP contribution in [0.2, 0.25) is 0 Å². The maximum absolute atomic E-state index is 13.0. The summed E-state index contributed by atoms with van der Waals surface area (Å²) in [7, 11) is 0. The van der Waals surface area contributed by atoms with Gasteiger partial charge in [0.15, 0.2) is 5.13 Å². The summed E-state index contributed by atoms with van der Waals surface area (Å²) < 4.78 is 10.1. The third-order valence-corrected chi connectivity index (χ3v) is 7.00. The van der Waals surface area contributed by atoms with Crippen LogP contribution in [0.1, 0.15) is 40.3 Å². The number of nitrogens with one attached hydrogen (secondary N) is 2. The maximum Gasteiger partial charge on any atom is 0.413 e. The third kappa shape index (κ3) is 6.05. The van der Waals surface area contributed by atoms with E-state index in [0.29, 0.717) is 11.3 Å². The Hall–Kier alpha value is -3.39. The van der Waals surface area contributed by atoms with Gasteiger partial charge in [-0.3, -0.25) is 24.6 Å². The van der Waals surface area contributed by atoms with Crippen LogP contribution in [-0.2, 0) is 28.7 Å². The van der Waals surface area contributed by atoms with Crippen molar-refractivity contribution in [2.75, 3.05) is 17.7 Å². The van der Waals surface area contributed by atoms with Crippen LogP contribution in [0.15, 0.2) is 22.7 Å². The summed E-state index contributed by atoms with van der Waals surface area (Å²) in [5, 5.41) is 16.0. The predicted octanol–water partition coefficient (Wildman–Crippen LogP) is 2.20. The molecular formula is C22H26N4O8S2. The zero-order chi connectivity index (χ0) is 26.8. The van der Waals surface area contributed by atoms with Crippen molar-refractivity contribution < 1.29 is 38.6 Å². The lowest BCUT2D eigenvalue weighted by Gasteiger charge is -2.49. The first kappa shape index (κ1) is 27.2. The highest BCUT2D eigenvalue weighted by Crippen LogP contribution is 2.40. The lowest BCUT2D eigenvalue weighted by Crippen LogP contribution is -2.70. The van der Waals surface area contributed by atoms with E-state index in [2.05, 4.69) is 15.6 Å². The molecule has 0 saturated carbocycles. The molecule has 3 rings (SSSR count). The number of esters is 1. The minimum Gasteiger partial charge on any atom is -0.477 e. The molecule has 0 radical (unpaired) electrons. The number of carboxylic acid groups (broad SMARTS) is 1. The van der Waals surface area contributed by atoms with Gasteiger partial charge in [-0.2, -0.15) is 0 Å². The highest BCUT2D eigenvalue weighted by molar-refractivity contribution is 8.00. The van der Waals surface area contributed by atoms with E-state index in [1.165, 1.54) is 24.8 Å². The van der Waals surface area contributed by atoms with E-state index in [-0.39, 0.29) is 28.8 Å². The minimum atomic E-state index is -1.32. The summed E-state index contributed by atoms with van der Waals surface area (Å²) in [6.45, 7) is 7.79. The molecule has 3 N–H and O–H groups in total. The average Bonchev–Trinajstić information content (AvgIpc) is 3.21. The normalized spacial score (nSPS) is 19.8. The Labute approximate surface area is 215 Å². The molecule has 1 fully saturated rings. The number of fused-ring (bicyclic) bond motifs is 1. The zero-order valence-corrected chi connectivity index (χ0v) is 21.9. The number of hydrogen-bond donors (Lipinski definition) is 3. The van der Waals surface area contributed by atoms with Crippen LogP contribution < -0.4 is 10.6 Å². The Bertz CT molecular complexity index is 1170. The number of hydrogen-bond acceptors (Lipinski definition) is 10. The molecule has 0 bridgehead atoms. The second-order valence-corrected chi connectivity index (χ2v) is 10.7. The number of aromatic nitrogens is 1. The molecule has 3 heterocycles. The van der Waals surface area contributed by atoms with Gasteiger partial charge in [-0.05, 0) is 27.7 Å². The van der Waals surface area contributed by atoms with Crippen LogP contribution in [0.5, 0.6) is 0 Å². The van der Waals surface area contributed by atoms with Gasteiger partial charge in [0.2, 0.25) is 0 Å². The third-order valence-electron chi connectivity index (χ3n) is 4.91. The Balaban J connectivity index is 1.68. The molecule has 0 aromatic carbocycles. The number of carbonyl (C=O) groups excluding carboxylic acids is 4. The fourth-order valence-electron chi connectivity index (χ4n) is 3.44. The second-order valence-electron chi connectivity index (χ2n) is 8.77. The summed E-state index contributed by atoms with van der Waals surface area (Å²) in [5.41, 5.74) is -0.144. The van der Waals surface area contributed by atoms with Gasteiger partial charge >= 0.3 is 18.0 Å². The van der Waals surface area contributed by atoms with Crippen LogP contribution >= 0.6 is 23.1 Å². The molecule has 1 aromatic rings. The van der Waals surface area contributed by atoms with Crippen molar-refractivity contribution >= 4 is 63.6 Å². The van der Waals surface area contributed by atoms with Crippen molar-refractivity contribution in [3.8, 4) is 0 Å². The van der Waals surface area contributed by atoms with E-state index in [0.717, 1.165) is 16.2 Å². The standard InChI is InChI=1S/C22H26N4O8S2/c1-6-12(13-9-36-20(23-13)25-21(32)34-22(3,4)5)16(28)24-14-17(29)26-15(19(30)31)11(7-33-10(2)27)8-35-18(14)26/h6,9,14,18H,7-8H2,1-5H3,(H,24,28)(H,30,31)(H,23,25,32)/b12-6-/t14?,18-/m1/s1. The smallest absolute Gasteiger partial charge is 0.413 e. The maximum atomic E-state index is 13.0. The first-order chi connectivity index (χ1) is 16.8. The zero-order valence-electron chi connectivity index (χ0n) is 20.2. The number of allylic oxidation sites excluding steroid dienone is 1. The first-order valence-corrected chi connectivity index (χ1v) is 12.7. The number of amides is 3. The number of thioether (sulfide) groups is 1. The summed E-state index contributed by atoms with van der Waals surface area (Å²) in [6.07, 6.45) is 0.843. The molecule has 3 amide bonds. The van der Waals surface area contributed by atoms with Gasteiger partial charge in [0.25, 0.3) is 11.8 Å². The Kier molecular flexibility index (Phi) is 8.09. The van der Waals surface area contributed by atoms with E-state index < -0.39 is 46.9 Å². The fraction of sp³-hybridized carbons (Fsp3) is 0.455. The Morgan fingerprint density at radius 1 is 1.31 bits per heavy atom. The van der Waals surface area contributed by atoms with Crippen LogP contribution in [0.25, 0.3) is 5.57 Å². The summed E-state index contributed by atoms with van der Waals surface area (Å²) >= 11 is 2.36. The molecule has 0 aliphatic carbocycles. The monoisotopic (exact) mass is 538 g/mol. The van der Waals surface area contributed by atoms with Gasteiger partial charge in [-0.1, -0.05) is 6.08 Å². The number of nitrogens with zero attached hydrogens (tertiary/aromatic N) is 2. The SMILES string of the molecule is C/C=C(\C(=O)NC1C(=O)N2C(C(=O)O)=C(COC(C)=O)CS[C@H]12)c1csc(NC(=O)OC(C)(C)C)n1. The van der Waals surface area contributed by atoms with Crippen LogP contribution in [0, 0.1) is 0 Å². The van der Waals surface area contributed by atoms with Gasteiger partial charge in [0.1, 0.15) is 29.3 Å². The molecule has 2 aliphatic rings. The van der Waals surface area contributed by atoms with Crippen LogP contribution in [0.4, 0.5) is 9.93 Å². The van der Waals surface area contributed by atoms with Crippen molar-refractivity contribution in [1.29, 1.82) is 0 Å². The second kappa shape index (κ2) is 10.7. The molecule has 12 nitrogen and oxygen atoms in total. The fourth-order valence-corrected chi connectivity index (χ4v) is 5.47. The minimum absolute atomic E-state index is 0.181. The number of rotatable bonds is 7. The summed E-state index contributed by atoms with van der Waals surface area (Å²) in [6, 6.07) is -0.944. The Morgan fingerprint density at radius 2 is 2.00 bits per heavy atom. The van der Waals surface area contributed by atoms with Gasteiger partial charge in [-0.15, -0.1) is 23.1 Å².